The van der Waals surface area contributed by atoms with Crippen LogP contribution in [0.3, 0.4) is 0 Å². The highest BCUT2D eigenvalue weighted by atomic mass is 32.2. The second kappa shape index (κ2) is 7.05. The summed E-state index contributed by atoms with van der Waals surface area (Å²) in [4.78, 5) is 4.84. The van der Waals surface area contributed by atoms with Crippen molar-refractivity contribution in [1.82, 2.24) is 9.81 Å². The minimum atomic E-state index is -3.81. The molecule has 1 fully saturated rings. The zero-order valence-corrected chi connectivity index (χ0v) is 17.5. The van der Waals surface area contributed by atoms with Gasteiger partial charge >= 0.3 is 0 Å². The van der Waals surface area contributed by atoms with Crippen LogP contribution in [0.15, 0.2) is 64.5 Å². The average molecular weight is 417 g/mol. The van der Waals surface area contributed by atoms with E-state index in [2.05, 4.69) is 14.8 Å². The number of rotatable bonds is 3. The molecule has 0 bridgehead atoms. The molecule has 2 N–H and O–H groups in total. The first-order chi connectivity index (χ1) is 13.3. The van der Waals surface area contributed by atoms with Gasteiger partial charge in [0.25, 0.3) is 10.0 Å². The fourth-order valence-electron chi connectivity index (χ4n) is 3.99. The first-order valence-electron chi connectivity index (χ1n) is 9.48. The molecule has 148 valence electrons. The standard InChI is InChI=1S/C20H24N3O3PS/c1-16-10-12-18(13-11-16)28(25,26)23-19-21-20(14-6-3-7-15-20)27(24,22-19)17-8-4-2-5-9-17/h2,4-5,8-13H,3,6-7,14-15H2,1H3,(H2,21,22,23,24). The van der Waals surface area contributed by atoms with Crippen molar-refractivity contribution in [2.45, 2.75) is 49.2 Å². The number of hydrogen-bond donors (Lipinski definition) is 2. The number of nitrogens with one attached hydrogen (secondary N) is 2. The van der Waals surface area contributed by atoms with Gasteiger partial charge < -0.3 is 5.09 Å². The van der Waals surface area contributed by atoms with E-state index in [-0.39, 0.29) is 10.9 Å². The molecule has 8 heteroatoms. The van der Waals surface area contributed by atoms with E-state index >= 15 is 0 Å². The summed E-state index contributed by atoms with van der Waals surface area (Å²) >= 11 is 0. The van der Waals surface area contributed by atoms with Crippen molar-refractivity contribution in [1.29, 1.82) is 0 Å². The Hall–Kier alpha value is -2.11. The Bertz CT molecular complexity index is 1040. The maximum Gasteiger partial charge on any atom is 0.264 e. The van der Waals surface area contributed by atoms with Crippen molar-refractivity contribution in [3.63, 3.8) is 0 Å². The number of aryl methyl sites for hydroxylation is 1. The summed E-state index contributed by atoms with van der Waals surface area (Å²) in [6, 6.07) is 15.8. The lowest BCUT2D eigenvalue weighted by atomic mass is 9.95. The van der Waals surface area contributed by atoms with Crippen LogP contribution >= 0.6 is 7.29 Å². The van der Waals surface area contributed by atoms with Gasteiger partial charge in [-0.25, -0.2) is 18.1 Å². The van der Waals surface area contributed by atoms with Crippen LogP contribution in [-0.4, -0.2) is 19.7 Å². The second-order valence-corrected chi connectivity index (χ2v) is 12.0. The largest absolute Gasteiger partial charge is 0.301 e. The van der Waals surface area contributed by atoms with Gasteiger partial charge in [0.2, 0.25) is 13.3 Å². The van der Waals surface area contributed by atoms with E-state index in [9.17, 15) is 13.0 Å². The SMILES string of the molecule is Cc1ccc(S(=O)(=O)NC2=NC3(CCCCC3)P(=O)(c3ccccc3)N2)cc1. The molecule has 0 amide bonds. The van der Waals surface area contributed by atoms with Gasteiger partial charge in [0.05, 0.1) is 4.90 Å². The molecule has 1 saturated carbocycles. The van der Waals surface area contributed by atoms with E-state index in [4.69, 9.17) is 0 Å². The highest BCUT2D eigenvalue weighted by Crippen LogP contribution is 2.63. The molecule has 2 aliphatic rings. The predicted molar refractivity (Wildman–Crippen MR) is 112 cm³/mol. The molecule has 4 rings (SSSR count). The third-order valence-electron chi connectivity index (χ3n) is 5.51. The van der Waals surface area contributed by atoms with Crippen molar-refractivity contribution >= 4 is 28.6 Å². The summed E-state index contributed by atoms with van der Waals surface area (Å²) in [7, 11) is -6.96. The smallest absolute Gasteiger partial charge is 0.264 e. The minimum absolute atomic E-state index is 0.0784. The third kappa shape index (κ3) is 3.27. The molecule has 0 aromatic heterocycles. The molecule has 1 heterocycles. The maximum absolute atomic E-state index is 14.1. The van der Waals surface area contributed by atoms with E-state index in [0.29, 0.717) is 18.1 Å². The molecular formula is C20H24N3O3PS. The van der Waals surface area contributed by atoms with Gasteiger partial charge in [-0.15, -0.1) is 0 Å². The summed E-state index contributed by atoms with van der Waals surface area (Å²) in [6.07, 6.45) is 4.31. The molecular weight excluding hydrogens is 393 g/mol. The molecule has 0 radical (unpaired) electrons. The Morgan fingerprint density at radius 2 is 1.64 bits per heavy atom. The van der Waals surface area contributed by atoms with Gasteiger partial charge in [-0.05, 0) is 44.0 Å². The summed E-state index contributed by atoms with van der Waals surface area (Å²) in [5.74, 6) is 0.0784. The molecule has 6 nitrogen and oxygen atoms in total. The van der Waals surface area contributed by atoms with Gasteiger partial charge in [-0.1, -0.05) is 55.2 Å². The van der Waals surface area contributed by atoms with Crippen molar-refractivity contribution in [2.75, 3.05) is 0 Å². The van der Waals surface area contributed by atoms with Crippen molar-refractivity contribution in [2.24, 2.45) is 4.99 Å². The summed E-state index contributed by atoms with van der Waals surface area (Å²) in [5.41, 5.74) is 0.977. The molecule has 28 heavy (non-hydrogen) atoms. The van der Waals surface area contributed by atoms with E-state index in [0.717, 1.165) is 24.8 Å². The number of sulfonamides is 1. The highest BCUT2D eigenvalue weighted by molar-refractivity contribution is 7.90. The average Bonchev–Trinajstić information content (AvgIpc) is 2.94. The third-order valence-corrected chi connectivity index (χ3v) is 10.1. The van der Waals surface area contributed by atoms with Gasteiger partial charge in [0, 0.05) is 5.30 Å². The zero-order chi connectivity index (χ0) is 19.8. The number of benzene rings is 2. The highest BCUT2D eigenvalue weighted by Gasteiger charge is 2.54. The molecule has 1 spiro atoms. The molecule has 1 aliphatic heterocycles. The van der Waals surface area contributed by atoms with E-state index < -0.39 is 22.6 Å². The van der Waals surface area contributed by atoms with Crippen molar-refractivity contribution in [3.8, 4) is 0 Å². The molecule has 1 aliphatic carbocycles. The quantitative estimate of drug-likeness (QED) is 0.749. The molecule has 1 unspecified atom stereocenters. The number of aliphatic imine (C=N–C) groups is 1. The minimum Gasteiger partial charge on any atom is -0.301 e. The monoisotopic (exact) mass is 417 g/mol. The van der Waals surface area contributed by atoms with E-state index in [1.54, 1.807) is 24.3 Å². The van der Waals surface area contributed by atoms with Gasteiger partial charge in [0.15, 0.2) is 0 Å². The van der Waals surface area contributed by atoms with Crippen LogP contribution < -0.4 is 15.1 Å². The van der Waals surface area contributed by atoms with Gasteiger partial charge in [-0.3, -0.25) is 4.57 Å². The van der Waals surface area contributed by atoms with Crippen LogP contribution in [-0.2, 0) is 14.6 Å². The van der Waals surface area contributed by atoms with Crippen LogP contribution in [0.5, 0.6) is 0 Å². The lowest BCUT2D eigenvalue weighted by Crippen LogP contribution is -2.39. The van der Waals surface area contributed by atoms with Crippen LogP contribution in [0.25, 0.3) is 0 Å². The second-order valence-electron chi connectivity index (χ2n) is 7.48. The topological polar surface area (TPSA) is 87.6 Å². The first kappa shape index (κ1) is 19.2. The van der Waals surface area contributed by atoms with Crippen molar-refractivity contribution in [3.05, 3.63) is 60.2 Å². The van der Waals surface area contributed by atoms with Crippen LogP contribution in [0.1, 0.15) is 37.7 Å². The summed E-state index contributed by atoms with van der Waals surface area (Å²) in [5, 5.41) is 2.90. The molecule has 0 saturated heterocycles. The fourth-order valence-corrected chi connectivity index (χ4v) is 8.03. The van der Waals surface area contributed by atoms with Crippen molar-refractivity contribution < 1.29 is 13.0 Å². The van der Waals surface area contributed by atoms with Gasteiger partial charge in [0.1, 0.15) is 5.28 Å². The van der Waals surface area contributed by atoms with E-state index in [1.165, 1.54) is 0 Å². The predicted octanol–water partition coefficient (Wildman–Crippen LogP) is 3.50. The Morgan fingerprint density at radius 3 is 2.29 bits per heavy atom. The van der Waals surface area contributed by atoms with E-state index in [1.807, 2.05) is 37.3 Å². The number of hydrogen-bond acceptors (Lipinski definition) is 4. The number of nitrogens with zero attached hydrogens (tertiary/aromatic N) is 1. The Balaban J connectivity index is 1.70. The lowest BCUT2D eigenvalue weighted by molar-refractivity contribution is 0.389. The Morgan fingerprint density at radius 1 is 1.00 bits per heavy atom. The van der Waals surface area contributed by atoms with Crippen LogP contribution in [0, 0.1) is 6.92 Å². The lowest BCUT2D eigenvalue weighted by Gasteiger charge is -2.35. The maximum atomic E-state index is 14.1. The Kier molecular flexibility index (Phi) is 4.84. The van der Waals surface area contributed by atoms with Gasteiger partial charge in [-0.2, -0.15) is 0 Å². The van der Waals surface area contributed by atoms with Crippen LogP contribution in [0.4, 0.5) is 0 Å². The molecule has 2 aromatic rings. The molecule has 2 aromatic carbocycles. The normalized spacial score (nSPS) is 23.8. The zero-order valence-electron chi connectivity index (χ0n) is 15.8. The molecule has 1 atom stereocenters. The van der Waals surface area contributed by atoms with Crippen LogP contribution in [0.2, 0.25) is 0 Å². The summed E-state index contributed by atoms with van der Waals surface area (Å²) < 4.78 is 42.3. The summed E-state index contributed by atoms with van der Waals surface area (Å²) in [6.45, 7) is 1.90. The Labute approximate surface area is 165 Å². The first-order valence-corrected chi connectivity index (χ1v) is 12.7. The number of guanidine groups is 1. The fraction of sp³-hybridized carbons (Fsp3) is 0.350.